The van der Waals surface area contributed by atoms with Crippen LogP contribution in [0, 0.1) is 23.7 Å². The zero-order valence-electron chi connectivity index (χ0n) is 14.3. The van der Waals surface area contributed by atoms with Gasteiger partial charge in [-0.25, -0.2) is 0 Å². The molecule has 1 aliphatic heterocycles. The van der Waals surface area contributed by atoms with E-state index in [0.717, 1.165) is 26.1 Å². The Morgan fingerprint density at radius 1 is 0.960 bits per heavy atom. The smallest absolute Gasteiger partial charge is 0.307 e. The minimum Gasteiger partial charge on any atom is -0.481 e. The number of nitrogens with zero attached hydrogens (tertiary/aromatic N) is 2. The average Bonchev–Trinajstić information content (AvgIpc) is 3.24. The fourth-order valence-electron chi connectivity index (χ4n) is 4.67. The summed E-state index contributed by atoms with van der Waals surface area (Å²) in [5, 5.41) is 9.55. The molecule has 2 bridgehead atoms. The van der Waals surface area contributed by atoms with Crippen LogP contribution in [0.1, 0.15) is 12.0 Å². The van der Waals surface area contributed by atoms with Crippen molar-refractivity contribution in [1.29, 1.82) is 0 Å². The van der Waals surface area contributed by atoms with Gasteiger partial charge in [0.05, 0.1) is 11.8 Å². The predicted octanol–water partition coefficient (Wildman–Crippen LogP) is 1.85. The van der Waals surface area contributed by atoms with Crippen molar-refractivity contribution in [1.82, 2.24) is 9.80 Å². The topological polar surface area (TPSA) is 60.9 Å². The Kier molecular flexibility index (Phi) is 4.34. The van der Waals surface area contributed by atoms with Gasteiger partial charge in [-0.05, 0) is 23.8 Å². The molecule has 0 aromatic heterocycles. The monoisotopic (exact) mass is 340 g/mol. The summed E-state index contributed by atoms with van der Waals surface area (Å²) in [6.07, 6.45) is 4.87. The highest BCUT2D eigenvalue weighted by atomic mass is 16.4. The normalized spacial score (nSPS) is 31.4. The summed E-state index contributed by atoms with van der Waals surface area (Å²) in [5.41, 5.74) is 1.28. The molecule has 1 heterocycles. The van der Waals surface area contributed by atoms with Gasteiger partial charge in [-0.1, -0.05) is 42.5 Å². The number of carbonyl (C=O) groups is 2. The van der Waals surface area contributed by atoms with E-state index in [1.165, 1.54) is 5.56 Å². The Hall–Kier alpha value is -2.14. The van der Waals surface area contributed by atoms with Gasteiger partial charge in [0.15, 0.2) is 0 Å². The fourth-order valence-corrected chi connectivity index (χ4v) is 4.67. The number of piperazine rings is 1. The molecule has 1 N–H and O–H groups in total. The first kappa shape index (κ1) is 16.3. The van der Waals surface area contributed by atoms with Crippen LogP contribution in [0.4, 0.5) is 0 Å². The van der Waals surface area contributed by atoms with Crippen molar-refractivity contribution in [2.75, 3.05) is 26.2 Å². The largest absolute Gasteiger partial charge is 0.481 e. The van der Waals surface area contributed by atoms with E-state index in [-0.39, 0.29) is 23.7 Å². The Balaban J connectivity index is 1.37. The van der Waals surface area contributed by atoms with Crippen molar-refractivity contribution >= 4 is 11.9 Å². The highest BCUT2D eigenvalue weighted by molar-refractivity contribution is 5.87. The number of amides is 1. The third-order valence-corrected chi connectivity index (χ3v) is 5.96. The Morgan fingerprint density at radius 3 is 2.24 bits per heavy atom. The summed E-state index contributed by atoms with van der Waals surface area (Å²) in [6.45, 7) is 3.97. The van der Waals surface area contributed by atoms with E-state index in [0.29, 0.717) is 13.1 Å². The van der Waals surface area contributed by atoms with E-state index >= 15 is 0 Å². The van der Waals surface area contributed by atoms with Crippen LogP contribution in [0.5, 0.6) is 0 Å². The SMILES string of the molecule is O=C(O)[C@H]1[C@@H](C(=O)N2CCN(Cc3ccccc3)CC2)[C@H]2C=C[C@H]1C2. The van der Waals surface area contributed by atoms with Crippen molar-refractivity contribution in [3.63, 3.8) is 0 Å². The van der Waals surface area contributed by atoms with Crippen LogP contribution < -0.4 is 0 Å². The van der Waals surface area contributed by atoms with Crippen molar-refractivity contribution in [2.45, 2.75) is 13.0 Å². The molecule has 5 heteroatoms. The number of aliphatic carboxylic acids is 1. The summed E-state index contributed by atoms with van der Waals surface area (Å²) < 4.78 is 0. The zero-order chi connectivity index (χ0) is 17.4. The van der Waals surface area contributed by atoms with Gasteiger partial charge < -0.3 is 10.0 Å². The Bertz CT molecular complexity index is 679. The molecular formula is C20H24N2O3. The number of hydrogen-bond acceptors (Lipinski definition) is 3. The average molecular weight is 340 g/mol. The lowest BCUT2D eigenvalue weighted by Crippen LogP contribution is -2.52. The highest BCUT2D eigenvalue weighted by Crippen LogP contribution is 2.48. The minimum atomic E-state index is -0.821. The lowest BCUT2D eigenvalue weighted by molar-refractivity contribution is -0.151. The molecule has 25 heavy (non-hydrogen) atoms. The number of rotatable bonds is 4. The maximum Gasteiger partial charge on any atom is 0.307 e. The number of fused-ring (bicyclic) bond motifs is 2. The van der Waals surface area contributed by atoms with Crippen LogP contribution >= 0.6 is 0 Å². The van der Waals surface area contributed by atoms with E-state index < -0.39 is 11.9 Å². The number of carbonyl (C=O) groups excluding carboxylic acids is 1. The summed E-state index contributed by atoms with van der Waals surface area (Å²) in [6, 6.07) is 10.4. The lowest BCUT2D eigenvalue weighted by Gasteiger charge is -2.37. The lowest BCUT2D eigenvalue weighted by atomic mass is 9.82. The van der Waals surface area contributed by atoms with Gasteiger partial charge in [0, 0.05) is 32.7 Å². The van der Waals surface area contributed by atoms with Gasteiger partial charge in [0.25, 0.3) is 0 Å². The molecule has 1 aromatic carbocycles. The molecule has 0 radical (unpaired) electrons. The van der Waals surface area contributed by atoms with Crippen molar-refractivity contribution in [3.05, 3.63) is 48.0 Å². The van der Waals surface area contributed by atoms with Gasteiger partial charge in [-0.3, -0.25) is 14.5 Å². The number of benzene rings is 1. The van der Waals surface area contributed by atoms with Crippen LogP contribution in [0.3, 0.4) is 0 Å². The molecule has 5 nitrogen and oxygen atoms in total. The Morgan fingerprint density at radius 2 is 1.60 bits per heavy atom. The summed E-state index contributed by atoms with van der Waals surface area (Å²) in [7, 11) is 0. The molecular weight excluding hydrogens is 316 g/mol. The third-order valence-electron chi connectivity index (χ3n) is 5.96. The summed E-state index contributed by atoms with van der Waals surface area (Å²) in [5.74, 6) is -1.53. The molecule has 1 amide bonds. The van der Waals surface area contributed by atoms with Crippen LogP contribution in [0.25, 0.3) is 0 Å². The fraction of sp³-hybridized carbons (Fsp3) is 0.500. The second-order valence-electron chi connectivity index (χ2n) is 7.43. The van der Waals surface area contributed by atoms with E-state index in [2.05, 4.69) is 23.1 Å². The van der Waals surface area contributed by atoms with Gasteiger partial charge in [0.1, 0.15) is 0 Å². The van der Waals surface area contributed by atoms with Crippen LogP contribution in [0.2, 0.25) is 0 Å². The maximum atomic E-state index is 13.0. The molecule has 132 valence electrons. The molecule has 2 aliphatic carbocycles. The number of carboxylic acid groups (broad SMARTS) is 1. The van der Waals surface area contributed by atoms with Gasteiger partial charge in [-0.15, -0.1) is 0 Å². The highest BCUT2D eigenvalue weighted by Gasteiger charge is 2.52. The van der Waals surface area contributed by atoms with Gasteiger partial charge in [-0.2, -0.15) is 0 Å². The minimum absolute atomic E-state index is 0.0378. The van der Waals surface area contributed by atoms with Crippen LogP contribution in [-0.4, -0.2) is 53.0 Å². The van der Waals surface area contributed by atoms with Crippen LogP contribution in [-0.2, 0) is 16.1 Å². The molecule has 0 unspecified atom stereocenters. The molecule has 2 fully saturated rings. The standard InChI is InChI=1S/C20H24N2O3/c23-19(17-15-6-7-16(12-15)18(17)20(24)25)22-10-8-21(9-11-22)13-14-4-2-1-3-5-14/h1-7,15-18H,8-13H2,(H,24,25)/t15-,16-,17-,18+/m0/s1. The van der Waals surface area contributed by atoms with Crippen molar-refractivity contribution in [2.24, 2.45) is 23.7 Å². The Labute approximate surface area is 147 Å². The molecule has 1 saturated carbocycles. The van der Waals surface area contributed by atoms with Crippen molar-refractivity contribution in [3.8, 4) is 0 Å². The maximum absolute atomic E-state index is 13.0. The number of allylic oxidation sites excluding steroid dienone is 2. The number of hydrogen-bond donors (Lipinski definition) is 1. The quantitative estimate of drug-likeness (QED) is 0.850. The summed E-state index contributed by atoms with van der Waals surface area (Å²) >= 11 is 0. The predicted molar refractivity (Wildman–Crippen MR) is 93.7 cm³/mol. The molecule has 4 atom stereocenters. The number of carboxylic acids is 1. The molecule has 1 aromatic rings. The second-order valence-corrected chi connectivity index (χ2v) is 7.43. The van der Waals surface area contributed by atoms with Crippen LogP contribution in [0.15, 0.2) is 42.5 Å². The first-order valence-corrected chi connectivity index (χ1v) is 9.09. The second kappa shape index (κ2) is 6.64. The van der Waals surface area contributed by atoms with E-state index in [1.807, 2.05) is 29.2 Å². The molecule has 0 spiro atoms. The van der Waals surface area contributed by atoms with Gasteiger partial charge in [0.2, 0.25) is 5.91 Å². The van der Waals surface area contributed by atoms with E-state index in [9.17, 15) is 14.7 Å². The van der Waals surface area contributed by atoms with Crippen molar-refractivity contribution < 1.29 is 14.7 Å². The van der Waals surface area contributed by atoms with Gasteiger partial charge >= 0.3 is 5.97 Å². The summed E-state index contributed by atoms with van der Waals surface area (Å²) in [4.78, 5) is 28.9. The molecule has 3 aliphatic rings. The van der Waals surface area contributed by atoms with E-state index in [1.54, 1.807) is 0 Å². The first-order valence-electron chi connectivity index (χ1n) is 9.09. The first-order chi connectivity index (χ1) is 12.1. The third kappa shape index (κ3) is 3.09. The molecule has 1 saturated heterocycles. The molecule has 4 rings (SSSR count). The van der Waals surface area contributed by atoms with E-state index in [4.69, 9.17) is 0 Å². The zero-order valence-corrected chi connectivity index (χ0v) is 14.3.